The van der Waals surface area contributed by atoms with Crippen LogP contribution in [0.3, 0.4) is 0 Å². The van der Waals surface area contributed by atoms with E-state index in [1.54, 1.807) is 32.7 Å². The number of aromatic nitrogens is 1. The van der Waals surface area contributed by atoms with Crippen molar-refractivity contribution in [2.45, 2.75) is 52.0 Å². The Morgan fingerprint density at radius 2 is 1.73 bits per heavy atom. The van der Waals surface area contributed by atoms with Gasteiger partial charge in [-0.2, -0.15) is 5.10 Å². The Labute approximate surface area is 198 Å². The molecule has 176 valence electrons. The average molecular weight is 470 g/mol. The zero-order valence-electron chi connectivity index (χ0n) is 19.9. The third-order valence-corrected chi connectivity index (χ3v) is 6.69. The molecule has 1 saturated carbocycles. The molecular formula is C25H31N3O4S. The molecule has 2 aromatic heterocycles. The van der Waals surface area contributed by atoms with Crippen LogP contribution in [0.1, 0.15) is 50.5 Å². The molecule has 0 aliphatic heterocycles. The number of hydrogen-bond acceptors (Lipinski definition) is 7. The maximum atomic E-state index is 5.80. The highest BCUT2D eigenvalue weighted by molar-refractivity contribution is 7.07. The highest BCUT2D eigenvalue weighted by atomic mass is 32.1. The van der Waals surface area contributed by atoms with Crippen molar-refractivity contribution in [2.24, 2.45) is 10.1 Å². The molecule has 7 nitrogen and oxygen atoms in total. The second kappa shape index (κ2) is 10.3. The number of hydrogen-bond donors (Lipinski definition) is 0. The van der Waals surface area contributed by atoms with Gasteiger partial charge in [0.05, 0.1) is 33.1 Å². The van der Waals surface area contributed by atoms with Gasteiger partial charge in [-0.25, -0.2) is 4.68 Å². The maximum Gasteiger partial charge on any atom is 0.206 e. The standard InChI is InChI=1S/C25H31N3O4S/c1-16-11-12-21(32-16)17(2)27-28-20(15-33-25(28)26-19-9-7-6-8-10-19)18-13-22(29-3)24(31-5)23(14-18)30-4/h11-15,19H,6-10H2,1-5H3. The summed E-state index contributed by atoms with van der Waals surface area (Å²) in [4.78, 5) is 5.96. The molecule has 0 bridgehead atoms. The van der Waals surface area contributed by atoms with Gasteiger partial charge < -0.3 is 18.6 Å². The average Bonchev–Trinajstić information content (AvgIpc) is 3.45. The van der Waals surface area contributed by atoms with Gasteiger partial charge in [-0.1, -0.05) is 19.3 Å². The van der Waals surface area contributed by atoms with E-state index in [4.69, 9.17) is 28.7 Å². The monoisotopic (exact) mass is 469 g/mol. The van der Waals surface area contributed by atoms with Crippen LogP contribution in [0.4, 0.5) is 0 Å². The van der Waals surface area contributed by atoms with Crippen LogP contribution in [0.15, 0.2) is 44.2 Å². The lowest BCUT2D eigenvalue weighted by Crippen LogP contribution is -2.19. The van der Waals surface area contributed by atoms with Gasteiger partial charge >= 0.3 is 0 Å². The van der Waals surface area contributed by atoms with Crippen molar-refractivity contribution in [3.05, 3.63) is 46.0 Å². The normalized spacial score (nSPS) is 15.7. The molecule has 0 amide bonds. The third-order valence-electron chi connectivity index (χ3n) is 5.86. The van der Waals surface area contributed by atoms with Crippen molar-refractivity contribution < 1.29 is 18.6 Å². The van der Waals surface area contributed by atoms with Crippen LogP contribution in [0.25, 0.3) is 11.3 Å². The van der Waals surface area contributed by atoms with E-state index in [1.165, 1.54) is 19.3 Å². The Morgan fingerprint density at radius 1 is 1.03 bits per heavy atom. The molecule has 0 N–H and O–H groups in total. The molecule has 1 fully saturated rings. The lowest BCUT2D eigenvalue weighted by atomic mass is 9.96. The molecule has 0 unspecified atom stereocenters. The quantitative estimate of drug-likeness (QED) is 0.419. The molecule has 0 spiro atoms. The summed E-state index contributed by atoms with van der Waals surface area (Å²) < 4.78 is 24.4. The van der Waals surface area contributed by atoms with E-state index in [9.17, 15) is 0 Å². The summed E-state index contributed by atoms with van der Waals surface area (Å²) in [5.41, 5.74) is 2.58. The van der Waals surface area contributed by atoms with Crippen molar-refractivity contribution in [3.63, 3.8) is 0 Å². The fourth-order valence-corrected chi connectivity index (χ4v) is 5.01. The van der Waals surface area contributed by atoms with E-state index in [0.717, 1.165) is 46.1 Å². The van der Waals surface area contributed by atoms with Crippen molar-refractivity contribution in [3.8, 4) is 28.5 Å². The summed E-state index contributed by atoms with van der Waals surface area (Å²) in [5.74, 6) is 3.34. The molecular weight excluding hydrogens is 438 g/mol. The van der Waals surface area contributed by atoms with Crippen LogP contribution in [-0.2, 0) is 0 Å². The Kier molecular flexibility index (Phi) is 7.23. The third kappa shape index (κ3) is 5.00. The Morgan fingerprint density at radius 3 is 2.30 bits per heavy atom. The number of aryl methyl sites for hydroxylation is 1. The molecule has 0 atom stereocenters. The number of thiazole rings is 1. The van der Waals surface area contributed by atoms with Crippen LogP contribution in [0.2, 0.25) is 0 Å². The number of benzene rings is 1. The van der Waals surface area contributed by atoms with Crippen molar-refractivity contribution in [2.75, 3.05) is 21.3 Å². The lowest BCUT2D eigenvalue weighted by molar-refractivity contribution is 0.324. The first-order chi connectivity index (χ1) is 16.0. The summed E-state index contributed by atoms with van der Waals surface area (Å²) in [7, 11) is 4.84. The summed E-state index contributed by atoms with van der Waals surface area (Å²) in [5, 5.41) is 7.02. The van der Waals surface area contributed by atoms with E-state index in [-0.39, 0.29) is 0 Å². The van der Waals surface area contributed by atoms with Crippen LogP contribution in [0, 0.1) is 6.92 Å². The van der Waals surface area contributed by atoms with Crippen molar-refractivity contribution >= 4 is 17.0 Å². The van der Waals surface area contributed by atoms with E-state index in [0.29, 0.717) is 23.3 Å². The molecule has 3 aromatic rings. The smallest absolute Gasteiger partial charge is 0.206 e. The van der Waals surface area contributed by atoms with Gasteiger partial charge in [0.15, 0.2) is 11.5 Å². The number of ether oxygens (including phenoxy) is 3. The second-order valence-electron chi connectivity index (χ2n) is 8.15. The van der Waals surface area contributed by atoms with Crippen LogP contribution >= 0.6 is 11.3 Å². The van der Waals surface area contributed by atoms with Crippen LogP contribution < -0.4 is 19.0 Å². The first-order valence-corrected chi connectivity index (χ1v) is 12.1. The van der Waals surface area contributed by atoms with Gasteiger partial charge in [-0.05, 0) is 51.0 Å². The van der Waals surface area contributed by atoms with Gasteiger partial charge in [-0.3, -0.25) is 4.99 Å². The summed E-state index contributed by atoms with van der Waals surface area (Å²) in [6.45, 7) is 3.88. The van der Waals surface area contributed by atoms with Crippen LogP contribution in [-0.4, -0.2) is 37.8 Å². The highest BCUT2D eigenvalue weighted by Crippen LogP contribution is 2.41. The number of rotatable bonds is 7. The van der Waals surface area contributed by atoms with Gasteiger partial charge in [0, 0.05) is 10.9 Å². The van der Waals surface area contributed by atoms with E-state index >= 15 is 0 Å². The molecule has 33 heavy (non-hydrogen) atoms. The minimum Gasteiger partial charge on any atom is -0.493 e. The number of nitrogens with zero attached hydrogens (tertiary/aromatic N) is 3. The minimum absolute atomic E-state index is 0.331. The van der Waals surface area contributed by atoms with E-state index in [2.05, 4.69) is 5.38 Å². The first kappa shape index (κ1) is 23.2. The van der Waals surface area contributed by atoms with Crippen LogP contribution in [0.5, 0.6) is 17.2 Å². The predicted molar refractivity (Wildman–Crippen MR) is 131 cm³/mol. The molecule has 1 aromatic carbocycles. The zero-order valence-corrected chi connectivity index (χ0v) is 20.7. The Bertz CT molecular complexity index is 1170. The van der Waals surface area contributed by atoms with Gasteiger partial charge in [-0.15, -0.1) is 11.3 Å². The topological polar surface area (TPSA) is 70.5 Å². The number of furan rings is 1. The fraction of sp³-hybridized carbons (Fsp3) is 0.440. The molecule has 0 radical (unpaired) electrons. The summed E-state index contributed by atoms with van der Waals surface area (Å²) in [6, 6.07) is 8.09. The summed E-state index contributed by atoms with van der Waals surface area (Å²) >= 11 is 1.59. The Hall–Kier alpha value is -3.00. The predicted octanol–water partition coefficient (Wildman–Crippen LogP) is 5.65. The maximum absolute atomic E-state index is 5.80. The van der Waals surface area contributed by atoms with E-state index in [1.807, 2.05) is 42.8 Å². The SMILES string of the molecule is COc1cc(-c2csc(=NC3CCCCC3)n2N=C(C)c2ccc(C)o2)cc(OC)c1OC. The molecule has 8 heteroatoms. The van der Waals surface area contributed by atoms with Crippen molar-refractivity contribution in [1.82, 2.24) is 4.68 Å². The summed E-state index contributed by atoms with van der Waals surface area (Å²) in [6.07, 6.45) is 6.00. The largest absolute Gasteiger partial charge is 0.493 e. The molecule has 4 rings (SSSR count). The highest BCUT2D eigenvalue weighted by Gasteiger charge is 2.19. The molecule has 1 aliphatic rings. The molecule has 0 saturated heterocycles. The van der Waals surface area contributed by atoms with Gasteiger partial charge in [0.2, 0.25) is 10.6 Å². The minimum atomic E-state index is 0.331. The first-order valence-electron chi connectivity index (χ1n) is 11.2. The fourth-order valence-electron chi connectivity index (χ4n) is 4.11. The Balaban J connectivity index is 1.88. The van der Waals surface area contributed by atoms with Gasteiger partial charge in [0.25, 0.3) is 0 Å². The zero-order chi connectivity index (χ0) is 23.4. The van der Waals surface area contributed by atoms with E-state index < -0.39 is 0 Å². The lowest BCUT2D eigenvalue weighted by Gasteiger charge is -2.17. The van der Waals surface area contributed by atoms with Crippen molar-refractivity contribution in [1.29, 1.82) is 0 Å². The molecule has 2 heterocycles. The van der Waals surface area contributed by atoms with Gasteiger partial charge in [0.1, 0.15) is 17.2 Å². The molecule has 1 aliphatic carbocycles. The second-order valence-corrected chi connectivity index (χ2v) is 8.98. The number of methoxy groups -OCH3 is 3.